The molecule has 0 atom stereocenters. The molecule has 0 unspecified atom stereocenters. The van der Waals surface area contributed by atoms with E-state index in [4.69, 9.17) is 20.9 Å². The maximum Gasteiger partial charge on any atom is 0.241 e. The van der Waals surface area contributed by atoms with Gasteiger partial charge >= 0.3 is 0 Å². The fourth-order valence-corrected chi connectivity index (χ4v) is 1.39. The molecule has 2 aromatic rings. The molecule has 1 aromatic carbocycles. The molecule has 0 aliphatic rings. The zero-order valence-electron chi connectivity index (χ0n) is 9.10. The Morgan fingerprint density at radius 1 is 1.35 bits per heavy atom. The van der Waals surface area contributed by atoms with Crippen molar-refractivity contribution in [1.82, 2.24) is 10.1 Å². The first-order chi connectivity index (χ1) is 8.33. The Labute approximate surface area is 104 Å². The SMILES string of the molecule is C=CCOc1ccc(-c2noc(CCl)n2)cc1. The molecule has 0 aliphatic carbocycles. The lowest BCUT2D eigenvalue weighted by molar-refractivity contribution is 0.363. The molecule has 0 amide bonds. The monoisotopic (exact) mass is 250 g/mol. The molecule has 0 saturated carbocycles. The van der Waals surface area contributed by atoms with Crippen LogP contribution in [0.25, 0.3) is 11.4 Å². The summed E-state index contributed by atoms with van der Waals surface area (Å²) in [7, 11) is 0. The molecule has 17 heavy (non-hydrogen) atoms. The maximum absolute atomic E-state index is 5.58. The van der Waals surface area contributed by atoms with Crippen molar-refractivity contribution in [3.05, 3.63) is 42.8 Å². The molecule has 4 nitrogen and oxygen atoms in total. The van der Waals surface area contributed by atoms with Gasteiger partial charge in [0.05, 0.1) is 0 Å². The lowest BCUT2D eigenvalue weighted by atomic mass is 10.2. The van der Waals surface area contributed by atoms with Crippen LogP contribution >= 0.6 is 11.6 Å². The van der Waals surface area contributed by atoms with Gasteiger partial charge < -0.3 is 9.26 Å². The molecule has 0 radical (unpaired) electrons. The van der Waals surface area contributed by atoms with Gasteiger partial charge in [-0.05, 0) is 24.3 Å². The standard InChI is InChI=1S/C12H11ClN2O2/c1-2-7-16-10-5-3-9(4-6-10)12-14-11(8-13)17-15-12/h2-6H,1,7-8H2. The summed E-state index contributed by atoms with van der Waals surface area (Å²) < 4.78 is 10.3. The van der Waals surface area contributed by atoms with E-state index in [2.05, 4.69) is 16.7 Å². The van der Waals surface area contributed by atoms with Crippen molar-refractivity contribution in [2.24, 2.45) is 0 Å². The second kappa shape index (κ2) is 5.50. The normalized spacial score (nSPS) is 10.2. The van der Waals surface area contributed by atoms with Crippen molar-refractivity contribution < 1.29 is 9.26 Å². The van der Waals surface area contributed by atoms with Gasteiger partial charge in [0.2, 0.25) is 11.7 Å². The molecular weight excluding hydrogens is 240 g/mol. The molecule has 5 heteroatoms. The maximum atomic E-state index is 5.58. The highest BCUT2D eigenvalue weighted by atomic mass is 35.5. The lowest BCUT2D eigenvalue weighted by Gasteiger charge is -2.02. The molecule has 0 fully saturated rings. The van der Waals surface area contributed by atoms with Crippen LogP contribution in [0.5, 0.6) is 5.75 Å². The summed E-state index contributed by atoms with van der Waals surface area (Å²) in [5.74, 6) is 1.92. The number of alkyl halides is 1. The fraction of sp³-hybridized carbons (Fsp3) is 0.167. The van der Waals surface area contributed by atoms with Crippen molar-refractivity contribution in [2.45, 2.75) is 5.88 Å². The molecule has 2 rings (SSSR count). The van der Waals surface area contributed by atoms with Gasteiger partial charge in [0.15, 0.2) is 0 Å². The second-order valence-electron chi connectivity index (χ2n) is 3.27. The van der Waals surface area contributed by atoms with E-state index >= 15 is 0 Å². The highest BCUT2D eigenvalue weighted by Gasteiger charge is 2.07. The molecule has 0 aliphatic heterocycles. The van der Waals surface area contributed by atoms with Crippen LogP contribution < -0.4 is 4.74 Å². The average Bonchev–Trinajstić information content (AvgIpc) is 2.86. The number of halogens is 1. The average molecular weight is 251 g/mol. The number of hydrogen-bond donors (Lipinski definition) is 0. The van der Waals surface area contributed by atoms with Gasteiger partial charge in [-0.15, -0.1) is 11.6 Å². The zero-order valence-corrected chi connectivity index (χ0v) is 9.85. The van der Waals surface area contributed by atoms with Crippen LogP contribution in [0.2, 0.25) is 0 Å². The summed E-state index contributed by atoms with van der Waals surface area (Å²) in [5, 5.41) is 3.82. The number of nitrogens with zero attached hydrogens (tertiary/aromatic N) is 2. The fourth-order valence-electron chi connectivity index (χ4n) is 1.28. The molecule has 0 saturated heterocycles. The van der Waals surface area contributed by atoms with Gasteiger partial charge in [-0.2, -0.15) is 4.98 Å². The number of aromatic nitrogens is 2. The van der Waals surface area contributed by atoms with Gasteiger partial charge in [0, 0.05) is 5.56 Å². The van der Waals surface area contributed by atoms with E-state index in [1.54, 1.807) is 6.08 Å². The number of hydrogen-bond acceptors (Lipinski definition) is 4. The Bertz CT molecular complexity index is 493. The largest absolute Gasteiger partial charge is 0.490 e. The number of benzene rings is 1. The van der Waals surface area contributed by atoms with E-state index in [1.165, 1.54) is 0 Å². The minimum Gasteiger partial charge on any atom is -0.490 e. The van der Waals surface area contributed by atoms with E-state index < -0.39 is 0 Å². The third-order valence-electron chi connectivity index (χ3n) is 2.06. The van der Waals surface area contributed by atoms with E-state index in [-0.39, 0.29) is 5.88 Å². The molecule has 0 bridgehead atoms. The van der Waals surface area contributed by atoms with Gasteiger partial charge in [-0.3, -0.25) is 0 Å². The van der Waals surface area contributed by atoms with Crippen LogP contribution in [0.3, 0.4) is 0 Å². The molecule has 1 aromatic heterocycles. The predicted octanol–water partition coefficient (Wildman–Crippen LogP) is 3.04. The van der Waals surface area contributed by atoms with E-state index in [0.717, 1.165) is 11.3 Å². The van der Waals surface area contributed by atoms with Crippen molar-refractivity contribution in [2.75, 3.05) is 6.61 Å². The Morgan fingerprint density at radius 3 is 2.71 bits per heavy atom. The predicted molar refractivity (Wildman–Crippen MR) is 65.0 cm³/mol. The zero-order chi connectivity index (χ0) is 12.1. The van der Waals surface area contributed by atoms with Crippen molar-refractivity contribution in [3.8, 4) is 17.1 Å². The summed E-state index contributed by atoms with van der Waals surface area (Å²) in [6.45, 7) is 4.07. The number of rotatable bonds is 5. The Balaban J connectivity index is 2.14. The Hall–Kier alpha value is -1.81. The van der Waals surface area contributed by atoms with Crippen LogP contribution in [0.4, 0.5) is 0 Å². The van der Waals surface area contributed by atoms with Gasteiger partial charge in [-0.25, -0.2) is 0 Å². The first kappa shape index (κ1) is 11.7. The van der Waals surface area contributed by atoms with Crippen molar-refractivity contribution in [1.29, 1.82) is 0 Å². The first-order valence-electron chi connectivity index (χ1n) is 5.06. The van der Waals surface area contributed by atoms with Gasteiger partial charge in [0.1, 0.15) is 18.2 Å². The highest BCUT2D eigenvalue weighted by molar-refractivity contribution is 6.16. The smallest absolute Gasteiger partial charge is 0.241 e. The minimum atomic E-state index is 0.216. The third-order valence-corrected chi connectivity index (χ3v) is 2.29. The van der Waals surface area contributed by atoms with E-state index in [0.29, 0.717) is 18.3 Å². The van der Waals surface area contributed by atoms with Crippen LogP contribution in [-0.2, 0) is 5.88 Å². The summed E-state index contributed by atoms with van der Waals surface area (Å²) in [6.07, 6.45) is 1.69. The highest BCUT2D eigenvalue weighted by Crippen LogP contribution is 2.20. The summed E-state index contributed by atoms with van der Waals surface area (Å²) in [5.41, 5.74) is 0.857. The molecule has 88 valence electrons. The first-order valence-corrected chi connectivity index (χ1v) is 5.59. The quantitative estimate of drug-likeness (QED) is 0.605. The van der Waals surface area contributed by atoms with Gasteiger partial charge in [-0.1, -0.05) is 17.8 Å². The van der Waals surface area contributed by atoms with E-state index in [9.17, 15) is 0 Å². The summed E-state index contributed by atoms with van der Waals surface area (Å²) >= 11 is 5.58. The van der Waals surface area contributed by atoms with Gasteiger partial charge in [0.25, 0.3) is 0 Å². The summed E-state index contributed by atoms with van der Waals surface area (Å²) in [4.78, 5) is 4.12. The Kier molecular flexibility index (Phi) is 3.77. The Morgan fingerprint density at radius 2 is 2.12 bits per heavy atom. The third kappa shape index (κ3) is 2.85. The minimum absolute atomic E-state index is 0.216. The topological polar surface area (TPSA) is 48.2 Å². The van der Waals surface area contributed by atoms with Crippen molar-refractivity contribution in [3.63, 3.8) is 0 Å². The second-order valence-corrected chi connectivity index (χ2v) is 3.54. The molecular formula is C12H11ClN2O2. The van der Waals surface area contributed by atoms with Crippen molar-refractivity contribution >= 4 is 11.6 Å². The lowest BCUT2D eigenvalue weighted by Crippen LogP contribution is -1.92. The van der Waals surface area contributed by atoms with Crippen LogP contribution in [0.1, 0.15) is 5.89 Å². The van der Waals surface area contributed by atoms with Crippen LogP contribution in [-0.4, -0.2) is 16.7 Å². The van der Waals surface area contributed by atoms with Crippen LogP contribution in [0, 0.1) is 0 Å². The van der Waals surface area contributed by atoms with Crippen LogP contribution in [0.15, 0.2) is 41.4 Å². The van der Waals surface area contributed by atoms with E-state index in [1.807, 2.05) is 24.3 Å². The molecule has 0 spiro atoms. The molecule has 0 N–H and O–H groups in total. The summed E-state index contributed by atoms with van der Waals surface area (Å²) in [6, 6.07) is 7.41. The number of ether oxygens (including phenoxy) is 1. The molecule has 1 heterocycles.